The van der Waals surface area contributed by atoms with Gasteiger partial charge in [-0.05, 0) is 31.0 Å². The number of hydrogen-bond donors (Lipinski definition) is 5. The van der Waals surface area contributed by atoms with Crippen molar-refractivity contribution in [2.24, 2.45) is 5.92 Å². The minimum Gasteiger partial charge on any atom is -0.479 e. The molecule has 0 saturated carbocycles. The van der Waals surface area contributed by atoms with Gasteiger partial charge < -0.3 is 26.2 Å². The molecule has 1 atom stereocenters. The van der Waals surface area contributed by atoms with E-state index in [1.165, 1.54) is 18.2 Å². The van der Waals surface area contributed by atoms with Gasteiger partial charge in [0.1, 0.15) is 0 Å². The molecule has 0 fully saturated rings. The van der Waals surface area contributed by atoms with E-state index < -0.39 is 24.1 Å². The van der Waals surface area contributed by atoms with Gasteiger partial charge in [0.15, 0.2) is 5.60 Å². The number of aliphatic hydroxyl groups is 1. The molecular formula is C16H22ClN3O5. The van der Waals surface area contributed by atoms with Gasteiger partial charge in [-0.2, -0.15) is 0 Å². The summed E-state index contributed by atoms with van der Waals surface area (Å²) in [5, 5.41) is 25.9. The largest absolute Gasteiger partial charge is 0.479 e. The monoisotopic (exact) mass is 371 g/mol. The standard InChI is InChI=1S/C16H22ClN3O5/c1-9(2)7-18-13(21)11-5-4-10(6-12(11)17)20-15(24)19-8-16(3,25)14(22)23/h4-6,9,25H,7-8H2,1-3H3,(H,18,21)(H,22,23)(H2,19,20,24). The van der Waals surface area contributed by atoms with Crippen LogP contribution in [0.3, 0.4) is 0 Å². The predicted molar refractivity (Wildman–Crippen MR) is 93.9 cm³/mol. The van der Waals surface area contributed by atoms with Crippen LogP contribution in [-0.4, -0.2) is 46.8 Å². The van der Waals surface area contributed by atoms with Gasteiger partial charge in [-0.25, -0.2) is 9.59 Å². The molecule has 0 spiro atoms. The second-order valence-corrected chi connectivity index (χ2v) is 6.59. The fraction of sp³-hybridized carbons (Fsp3) is 0.438. The molecule has 8 nitrogen and oxygen atoms in total. The smallest absolute Gasteiger partial charge is 0.337 e. The first-order chi connectivity index (χ1) is 11.5. The minimum absolute atomic E-state index is 0.164. The quantitative estimate of drug-likeness (QED) is 0.498. The van der Waals surface area contributed by atoms with Gasteiger partial charge >= 0.3 is 12.0 Å². The fourth-order valence-corrected chi connectivity index (χ4v) is 1.94. The molecule has 138 valence electrons. The zero-order valence-corrected chi connectivity index (χ0v) is 15.0. The number of amides is 3. The second kappa shape index (κ2) is 8.68. The zero-order chi connectivity index (χ0) is 19.2. The predicted octanol–water partition coefficient (Wildman–Crippen LogP) is 1.68. The Hall–Kier alpha value is -2.32. The first-order valence-corrected chi connectivity index (χ1v) is 7.99. The highest BCUT2D eigenvalue weighted by atomic mass is 35.5. The summed E-state index contributed by atoms with van der Waals surface area (Å²) in [6.45, 7) is 5.04. The van der Waals surface area contributed by atoms with Crippen LogP contribution in [0.2, 0.25) is 5.02 Å². The third-order valence-electron chi connectivity index (χ3n) is 3.20. The number of carbonyl (C=O) groups excluding carboxylic acids is 2. The van der Waals surface area contributed by atoms with Crippen molar-refractivity contribution in [1.82, 2.24) is 10.6 Å². The van der Waals surface area contributed by atoms with Crippen LogP contribution in [0, 0.1) is 5.92 Å². The lowest BCUT2D eigenvalue weighted by Gasteiger charge is -2.18. The van der Waals surface area contributed by atoms with E-state index in [1.807, 2.05) is 13.8 Å². The maximum atomic E-state index is 12.0. The number of hydrogen-bond acceptors (Lipinski definition) is 4. The Balaban J connectivity index is 2.66. The molecule has 1 rings (SSSR count). The third-order valence-corrected chi connectivity index (χ3v) is 3.51. The summed E-state index contributed by atoms with van der Waals surface area (Å²) in [7, 11) is 0. The normalized spacial score (nSPS) is 13.0. The van der Waals surface area contributed by atoms with Gasteiger partial charge in [-0.15, -0.1) is 0 Å². The number of nitrogens with one attached hydrogen (secondary N) is 3. The Morgan fingerprint density at radius 3 is 2.40 bits per heavy atom. The lowest BCUT2D eigenvalue weighted by molar-refractivity contribution is -0.155. The van der Waals surface area contributed by atoms with Gasteiger partial charge in [-0.3, -0.25) is 4.79 Å². The molecule has 1 unspecified atom stereocenters. The molecule has 9 heteroatoms. The molecule has 0 bridgehead atoms. The molecule has 5 N–H and O–H groups in total. The number of carbonyl (C=O) groups is 3. The van der Waals surface area contributed by atoms with Crippen molar-refractivity contribution in [2.45, 2.75) is 26.4 Å². The molecule has 0 aliphatic carbocycles. The molecule has 0 heterocycles. The summed E-state index contributed by atoms with van der Waals surface area (Å²) in [5.41, 5.74) is -1.48. The number of benzene rings is 1. The number of urea groups is 1. The van der Waals surface area contributed by atoms with E-state index in [-0.39, 0.29) is 16.5 Å². The second-order valence-electron chi connectivity index (χ2n) is 6.19. The van der Waals surface area contributed by atoms with Crippen molar-refractivity contribution in [3.63, 3.8) is 0 Å². The maximum absolute atomic E-state index is 12.0. The molecule has 25 heavy (non-hydrogen) atoms. The summed E-state index contributed by atoms with van der Waals surface area (Å²) < 4.78 is 0. The van der Waals surface area contributed by atoms with Crippen LogP contribution in [-0.2, 0) is 4.79 Å². The lowest BCUT2D eigenvalue weighted by Crippen LogP contribution is -2.47. The lowest BCUT2D eigenvalue weighted by atomic mass is 10.1. The summed E-state index contributed by atoms with van der Waals surface area (Å²) >= 11 is 6.06. The van der Waals surface area contributed by atoms with Crippen LogP contribution in [0.25, 0.3) is 0 Å². The molecule has 3 amide bonds. The van der Waals surface area contributed by atoms with Crippen LogP contribution in [0.4, 0.5) is 10.5 Å². The number of carboxylic acids is 1. The summed E-state index contributed by atoms with van der Waals surface area (Å²) in [6.07, 6.45) is 0. The molecule has 1 aromatic rings. The van der Waals surface area contributed by atoms with Crippen molar-refractivity contribution in [2.75, 3.05) is 18.4 Å². The number of anilines is 1. The molecule has 1 aromatic carbocycles. The van der Waals surface area contributed by atoms with Gasteiger partial charge in [-0.1, -0.05) is 25.4 Å². The van der Waals surface area contributed by atoms with Gasteiger partial charge in [0.05, 0.1) is 17.1 Å². The SMILES string of the molecule is CC(C)CNC(=O)c1ccc(NC(=O)NCC(C)(O)C(=O)O)cc1Cl. The summed E-state index contributed by atoms with van der Waals surface area (Å²) in [6, 6.07) is 3.65. The third kappa shape index (κ3) is 6.60. The van der Waals surface area contributed by atoms with E-state index in [0.29, 0.717) is 18.2 Å². The topological polar surface area (TPSA) is 128 Å². The first-order valence-electron chi connectivity index (χ1n) is 7.61. The maximum Gasteiger partial charge on any atom is 0.337 e. The average Bonchev–Trinajstić information content (AvgIpc) is 2.50. The highest BCUT2D eigenvalue weighted by Crippen LogP contribution is 2.21. The number of rotatable bonds is 7. The summed E-state index contributed by atoms with van der Waals surface area (Å²) in [4.78, 5) is 34.5. The minimum atomic E-state index is -2.08. The Kier molecular flexibility index (Phi) is 7.20. The Bertz CT molecular complexity index is 661. The number of aliphatic carboxylic acids is 1. The van der Waals surface area contributed by atoms with Gasteiger partial charge in [0.2, 0.25) is 0 Å². The highest BCUT2D eigenvalue weighted by Gasteiger charge is 2.30. The van der Waals surface area contributed by atoms with E-state index in [4.69, 9.17) is 16.7 Å². The average molecular weight is 372 g/mol. The Morgan fingerprint density at radius 2 is 1.88 bits per heavy atom. The molecule has 0 radical (unpaired) electrons. The van der Waals surface area contributed by atoms with E-state index >= 15 is 0 Å². The van der Waals surface area contributed by atoms with Crippen LogP contribution in [0.5, 0.6) is 0 Å². The number of carboxylic acid groups (broad SMARTS) is 1. The van der Waals surface area contributed by atoms with E-state index in [2.05, 4.69) is 16.0 Å². The number of halogens is 1. The van der Waals surface area contributed by atoms with Crippen molar-refractivity contribution in [3.8, 4) is 0 Å². The molecular weight excluding hydrogens is 350 g/mol. The van der Waals surface area contributed by atoms with Crippen molar-refractivity contribution in [1.29, 1.82) is 0 Å². The fourth-order valence-electron chi connectivity index (χ4n) is 1.67. The van der Waals surface area contributed by atoms with Crippen LogP contribution >= 0.6 is 11.6 Å². The molecule has 0 aliphatic rings. The van der Waals surface area contributed by atoms with Crippen molar-refractivity contribution >= 4 is 35.2 Å². The van der Waals surface area contributed by atoms with Crippen molar-refractivity contribution in [3.05, 3.63) is 28.8 Å². The van der Waals surface area contributed by atoms with Crippen LogP contribution in [0.1, 0.15) is 31.1 Å². The first kappa shape index (κ1) is 20.7. The Labute approximate surface area is 150 Å². The molecule has 0 saturated heterocycles. The molecule has 0 aliphatic heterocycles. The van der Waals surface area contributed by atoms with E-state index in [9.17, 15) is 19.5 Å². The van der Waals surface area contributed by atoms with Gasteiger partial charge in [0.25, 0.3) is 5.91 Å². The highest BCUT2D eigenvalue weighted by molar-refractivity contribution is 6.34. The van der Waals surface area contributed by atoms with Crippen molar-refractivity contribution < 1.29 is 24.6 Å². The summed E-state index contributed by atoms with van der Waals surface area (Å²) in [5.74, 6) is -1.46. The zero-order valence-electron chi connectivity index (χ0n) is 14.2. The Morgan fingerprint density at radius 1 is 1.24 bits per heavy atom. The van der Waals surface area contributed by atoms with Crippen LogP contribution < -0.4 is 16.0 Å². The van der Waals surface area contributed by atoms with E-state index in [0.717, 1.165) is 6.92 Å². The van der Waals surface area contributed by atoms with Gasteiger partial charge in [0, 0.05) is 12.2 Å². The van der Waals surface area contributed by atoms with E-state index in [1.54, 1.807) is 0 Å². The van der Waals surface area contributed by atoms with Crippen LogP contribution in [0.15, 0.2) is 18.2 Å². The molecule has 0 aromatic heterocycles.